The average molecular weight is 439 g/mol. The van der Waals surface area contributed by atoms with Crippen LogP contribution in [0.15, 0.2) is 55.0 Å². The third kappa shape index (κ3) is 4.77. The van der Waals surface area contributed by atoms with Crippen LogP contribution in [0.25, 0.3) is 17.0 Å². The molecule has 0 aliphatic carbocycles. The van der Waals surface area contributed by atoms with E-state index in [0.717, 1.165) is 35.6 Å². The number of fused-ring (bicyclic) bond motifs is 1. The summed E-state index contributed by atoms with van der Waals surface area (Å²) in [5, 5.41) is 15.8. The molecule has 0 fully saturated rings. The van der Waals surface area contributed by atoms with Crippen LogP contribution < -0.4 is 15.4 Å². The van der Waals surface area contributed by atoms with Gasteiger partial charge in [-0.15, -0.1) is 0 Å². The lowest BCUT2D eigenvalue weighted by Gasteiger charge is -2.13. The third-order valence-corrected chi connectivity index (χ3v) is 5.03. The minimum Gasteiger partial charge on any atom is -0.495 e. The molecule has 0 aliphatic rings. The first-order chi connectivity index (χ1) is 15.2. The fourth-order valence-electron chi connectivity index (χ4n) is 3.22. The highest BCUT2D eigenvalue weighted by molar-refractivity contribution is 6.32. The predicted molar refractivity (Wildman–Crippen MR) is 121 cm³/mol. The summed E-state index contributed by atoms with van der Waals surface area (Å²) in [4.78, 5) is 13.3. The molecule has 31 heavy (non-hydrogen) atoms. The Morgan fingerprint density at radius 3 is 2.90 bits per heavy atom. The van der Waals surface area contributed by atoms with Crippen LogP contribution in [0.4, 0.5) is 11.6 Å². The fraction of sp³-hybridized carbons (Fsp3) is 0.227. The largest absolute Gasteiger partial charge is 0.495 e. The molecule has 0 radical (unpaired) electrons. The van der Waals surface area contributed by atoms with Crippen molar-refractivity contribution in [1.29, 1.82) is 0 Å². The number of methoxy groups -OCH3 is 1. The van der Waals surface area contributed by atoms with Gasteiger partial charge in [-0.1, -0.05) is 23.7 Å². The fourth-order valence-corrected chi connectivity index (χ4v) is 3.41. The maximum atomic E-state index is 8.88. The molecule has 0 atom stereocenters. The Hall–Kier alpha value is -3.20. The van der Waals surface area contributed by atoms with Crippen molar-refractivity contribution in [2.24, 2.45) is 0 Å². The van der Waals surface area contributed by atoms with Crippen molar-refractivity contribution in [2.45, 2.75) is 13.0 Å². The quantitative estimate of drug-likeness (QED) is 0.343. The number of anilines is 2. The first-order valence-electron chi connectivity index (χ1n) is 9.90. The molecular formula is C22H23ClN6O2. The van der Waals surface area contributed by atoms with Crippen molar-refractivity contribution in [3.8, 4) is 17.1 Å². The van der Waals surface area contributed by atoms with Gasteiger partial charge in [0.15, 0.2) is 0 Å². The van der Waals surface area contributed by atoms with Gasteiger partial charge in [-0.3, -0.25) is 4.40 Å². The first-order valence-corrected chi connectivity index (χ1v) is 10.3. The number of aliphatic hydroxyl groups excluding tert-OH is 1. The number of aliphatic hydroxyl groups is 1. The van der Waals surface area contributed by atoms with Crippen LogP contribution in [0, 0.1) is 0 Å². The van der Waals surface area contributed by atoms with Gasteiger partial charge in [-0.05, 0) is 42.8 Å². The summed E-state index contributed by atoms with van der Waals surface area (Å²) in [7, 11) is 1.62. The molecule has 3 N–H and O–H groups in total. The zero-order valence-electron chi connectivity index (χ0n) is 17.0. The van der Waals surface area contributed by atoms with E-state index in [2.05, 4.69) is 25.6 Å². The second-order valence-electron chi connectivity index (χ2n) is 6.88. The number of nitrogens with zero attached hydrogens (tertiary/aromatic N) is 4. The summed E-state index contributed by atoms with van der Waals surface area (Å²) < 4.78 is 7.47. The molecule has 9 heteroatoms. The Bertz CT molecular complexity index is 1180. The van der Waals surface area contributed by atoms with Gasteiger partial charge >= 0.3 is 0 Å². The van der Waals surface area contributed by atoms with Crippen molar-refractivity contribution < 1.29 is 9.84 Å². The summed E-state index contributed by atoms with van der Waals surface area (Å²) in [6, 6.07) is 11.7. The van der Waals surface area contributed by atoms with Gasteiger partial charge in [0.25, 0.3) is 0 Å². The molecule has 3 aromatic heterocycles. The molecule has 3 heterocycles. The van der Waals surface area contributed by atoms with E-state index in [1.807, 2.05) is 47.0 Å². The van der Waals surface area contributed by atoms with Crippen LogP contribution in [0.3, 0.4) is 0 Å². The summed E-state index contributed by atoms with van der Waals surface area (Å²) in [5.41, 5.74) is 3.99. The minimum absolute atomic E-state index is 0.178. The van der Waals surface area contributed by atoms with Crippen molar-refractivity contribution in [2.75, 3.05) is 25.6 Å². The molecule has 1 aromatic carbocycles. The summed E-state index contributed by atoms with van der Waals surface area (Å²) in [6.45, 7) is 1.62. The summed E-state index contributed by atoms with van der Waals surface area (Å²) >= 11 is 6.40. The van der Waals surface area contributed by atoms with E-state index < -0.39 is 0 Å². The average Bonchev–Trinajstić information content (AvgIpc) is 3.23. The van der Waals surface area contributed by atoms with E-state index >= 15 is 0 Å². The van der Waals surface area contributed by atoms with Crippen LogP contribution in [0.5, 0.6) is 5.75 Å². The lowest BCUT2D eigenvalue weighted by atomic mass is 10.2. The van der Waals surface area contributed by atoms with Crippen LogP contribution in [-0.4, -0.2) is 44.7 Å². The number of imidazole rings is 1. The number of rotatable bonds is 9. The van der Waals surface area contributed by atoms with E-state index in [0.29, 0.717) is 29.0 Å². The molecule has 4 aromatic rings. The normalized spacial score (nSPS) is 11.1. The molecule has 0 unspecified atom stereocenters. The molecule has 0 amide bonds. The molecular weight excluding hydrogens is 416 g/mol. The number of ether oxygens (including phenoxy) is 1. The van der Waals surface area contributed by atoms with Gasteiger partial charge in [-0.2, -0.15) is 0 Å². The van der Waals surface area contributed by atoms with Gasteiger partial charge in [0, 0.05) is 19.3 Å². The van der Waals surface area contributed by atoms with Crippen LogP contribution in [-0.2, 0) is 6.54 Å². The van der Waals surface area contributed by atoms with Crippen molar-refractivity contribution in [3.05, 3.63) is 65.6 Å². The Balaban J connectivity index is 1.58. The Labute approximate surface area is 184 Å². The van der Waals surface area contributed by atoms with Gasteiger partial charge in [0.1, 0.15) is 17.1 Å². The van der Waals surface area contributed by atoms with Crippen molar-refractivity contribution in [3.63, 3.8) is 0 Å². The van der Waals surface area contributed by atoms with E-state index in [4.69, 9.17) is 21.4 Å². The Morgan fingerprint density at radius 2 is 2.06 bits per heavy atom. The highest BCUT2D eigenvalue weighted by Gasteiger charge is 2.14. The number of hydrogen-bond donors (Lipinski definition) is 3. The molecule has 0 aliphatic heterocycles. The van der Waals surface area contributed by atoms with Crippen molar-refractivity contribution in [1.82, 2.24) is 24.7 Å². The van der Waals surface area contributed by atoms with E-state index in [1.165, 1.54) is 0 Å². The molecule has 8 nitrogen and oxygen atoms in total. The third-order valence-electron chi connectivity index (χ3n) is 4.76. The van der Waals surface area contributed by atoms with Crippen molar-refractivity contribution >= 4 is 28.9 Å². The first kappa shape index (κ1) is 21.0. The maximum absolute atomic E-state index is 8.88. The lowest BCUT2D eigenvalue weighted by Crippen LogP contribution is -2.15. The van der Waals surface area contributed by atoms with Crippen LogP contribution >= 0.6 is 11.6 Å². The Kier molecular flexibility index (Phi) is 6.61. The van der Waals surface area contributed by atoms with E-state index in [1.54, 1.807) is 19.5 Å². The number of hydrogen-bond acceptors (Lipinski definition) is 7. The number of halogens is 1. The second-order valence-corrected chi connectivity index (χ2v) is 7.28. The standard InChI is InChI=1S/C22H23ClN6O2/c1-31-19-11-15(12-24-8-4-10-30)6-7-17(19)27-22-26-13-16(23)21(28-22)18-14-25-20-5-2-3-9-29(18)20/h2-3,5-7,9,11,13-14,24,30H,4,8,10,12H2,1H3,(H,26,27,28). The van der Waals surface area contributed by atoms with Gasteiger partial charge in [0.2, 0.25) is 5.95 Å². The Morgan fingerprint density at radius 1 is 1.16 bits per heavy atom. The summed E-state index contributed by atoms with van der Waals surface area (Å²) in [5.74, 6) is 1.08. The lowest BCUT2D eigenvalue weighted by molar-refractivity contribution is 0.286. The predicted octanol–water partition coefficient (Wildman–Crippen LogP) is 3.67. The monoisotopic (exact) mass is 438 g/mol. The molecule has 0 spiro atoms. The van der Waals surface area contributed by atoms with Gasteiger partial charge < -0.3 is 20.5 Å². The van der Waals surface area contributed by atoms with Crippen LogP contribution in [0.1, 0.15) is 12.0 Å². The van der Waals surface area contributed by atoms with Gasteiger partial charge in [0.05, 0.1) is 35.9 Å². The van der Waals surface area contributed by atoms with E-state index in [9.17, 15) is 0 Å². The number of aromatic nitrogens is 4. The SMILES string of the molecule is COc1cc(CNCCCO)ccc1Nc1ncc(Cl)c(-c2cnc3ccccn23)n1. The zero-order chi connectivity index (χ0) is 21.6. The van der Waals surface area contributed by atoms with Crippen LogP contribution in [0.2, 0.25) is 5.02 Å². The van der Waals surface area contributed by atoms with E-state index in [-0.39, 0.29) is 6.61 Å². The van der Waals surface area contributed by atoms with Gasteiger partial charge in [-0.25, -0.2) is 15.0 Å². The highest BCUT2D eigenvalue weighted by Crippen LogP contribution is 2.31. The zero-order valence-corrected chi connectivity index (χ0v) is 17.8. The number of nitrogens with one attached hydrogen (secondary N) is 2. The number of benzene rings is 1. The second kappa shape index (κ2) is 9.74. The molecule has 0 saturated carbocycles. The highest BCUT2D eigenvalue weighted by atomic mass is 35.5. The minimum atomic E-state index is 0.178. The molecule has 4 rings (SSSR count). The maximum Gasteiger partial charge on any atom is 0.227 e. The molecule has 160 valence electrons. The smallest absolute Gasteiger partial charge is 0.227 e. The number of pyridine rings is 1. The summed E-state index contributed by atoms with van der Waals surface area (Å²) in [6.07, 6.45) is 5.95. The molecule has 0 bridgehead atoms. The molecule has 0 saturated heterocycles. The topological polar surface area (TPSA) is 96.6 Å².